The second-order valence-corrected chi connectivity index (χ2v) is 8.22. The van der Waals surface area contributed by atoms with E-state index in [1.807, 2.05) is 0 Å². The Morgan fingerprint density at radius 3 is 2.43 bits per heavy atom. The van der Waals surface area contributed by atoms with Crippen LogP contribution in [0.4, 0.5) is 20.2 Å². The number of sulfone groups is 1. The standard InChI is InChI=1S/C19H16F2N2O4S/c20-14-6-5-13(11-15(14)21)23-12-18(19(24)22-7-9-27-10-8-22)28(25,26)17-4-2-1-3-16(17)23/h1-6,11-12H,7-10H2. The van der Waals surface area contributed by atoms with Crippen LogP contribution in [0.25, 0.3) is 0 Å². The molecule has 2 aliphatic rings. The zero-order chi connectivity index (χ0) is 19.9. The van der Waals surface area contributed by atoms with Crippen molar-refractivity contribution in [2.75, 3.05) is 31.2 Å². The Balaban J connectivity index is 1.86. The number of rotatable bonds is 2. The predicted molar refractivity (Wildman–Crippen MR) is 97.6 cm³/mol. The van der Waals surface area contributed by atoms with Gasteiger partial charge >= 0.3 is 0 Å². The van der Waals surface area contributed by atoms with Gasteiger partial charge in [0.05, 0.1) is 23.8 Å². The van der Waals surface area contributed by atoms with E-state index in [-0.39, 0.29) is 29.4 Å². The van der Waals surface area contributed by atoms with Crippen LogP contribution in [0.5, 0.6) is 0 Å². The molecular formula is C19H16F2N2O4S. The molecule has 1 amide bonds. The number of carbonyl (C=O) groups is 1. The van der Waals surface area contributed by atoms with Gasteiger partial charge in [-0.1, -0.05) is 12.1 Å². The Kier molecular flexibility index (Phi) is 4.64. The average Bonchev–Trinajstić information content (AvgIpc) is 2.71. The van der Waals surface area contributed by atoms with E-state index in [4.69, 9.17) is 4.74 Å². The lowest BCUT2D eigenvalue weighted by Crippen LogP contribution is -2.43. The van der Waals surface area contributed by atoms with E-state index < -0.39 is 32.3 Å². The number of morpholine rings is 1. The van der Waals surface area contributed by atoms with Crippen molar-refractivity contribution in [3.8, 4) is 0 Å². The molecule has 146 valence electrons. The molecule has 0 bridgehead atoms. The van der Waals surface area contributed by atoms with Gasteiger partial charge in [0.1, 0.15) is 0 Å². The van der Waals surface area contributed by atoms with Crippen LogP contribution < -0.4 is 4.90 Å². The molecule has 0 radical (unpaired) electrons. The van der Waals surface area contributed by atoms with E-state index in [1.165, 1.54) is 28.1 Å². The van der Waals surface area contributed by atoms with Crippen molar-refractivity contribution >= 4 is 27.1 Å². The minimum atomic E-state index is -4.07. The van der Waals surface area contributed by atoms with E-state index in [0.717, 1.165) is 12.1 Å². The molecule has 4 rings (SSSR count). The molecule has 0 atom stereocenters. The maximum atomic E-state index is 13.8. The van der Waals surface area contributed by atoms with Crippen LogP contribution in [-0.4, -0.2) is 45.5 Å². The molecular weight excluding hydrogens is 390 g/mol. The zero-order valence-corrected chi connectivity index (χ0v) is 15.5. The van der Waals surface area contributed by atoms with Crippen LogP contribution in [0.1, 0.15) is 0 Å². The second kappa shape index (κ2) is 6.99. The van der Waals surface area contributed by atoms with Gasteiger partial charge in [-0.3, -0.25) is 4.79 Å². The summed E-state index contributed by atoms with van der Waals surface area (Å²) >= 11 is 0. The highest BCUT2D eigenvalue weighted by Gasteiger charge is 2.38. The fraction of sp³-hybridized carbons (Fsp3) is 0.211. The fourth-order valence-electron chi connectivity index (χ4n) is 3.20. The highest BCUT2D eigenvalue weighted by molar-refractivity contribution is 7.96. The number of anilines is 2. The number of carbonyl (C=O) groups excluding carboxylic acids is 1. The van der Waals surface area contributed by atoms with Gasteiger partial charge in [-0.15, -0.1) is 0 Å². The summed E-state index contributed by atoms with van der Waals surface area (Å²) < 4.78 is 58.5. The molecule has 0 spiro atoms. The summed E-state index contributed by atoms with van der Waals surface area (Å²) in [5.41, 5.74) is 0.459. The third-order valence-electron chi connectivity index (χ3n) is 4.64. The first-order valence-corrected chi connectivity index (χ1v) is 10.0. The molecule has 9 heteroatoms. The van der Waals surface area contributed by atoms with E-state index in [0.29, 0.717) is 13.2 Å². The zero-order valence-electron chi connectivity index (χ0n) is 14.6. The molecule has 28 heavy (non-hydrogen) atoms. The van der Waals surface area contributed by atoms with Gasteiger partial charge in [-0.05, 0) is 24.3 Å². The van der Waals surface area contributed by atoms with Gasteiger partial charge in [0, 0.05) is 31.0 Å². The number of amides is 1. The maximum Gasteiger partial charge on any atom is 0.267 e. The second-order valence-electron chi connectivity index (χ2n) is 6.34. The monoisotopic (exact) mass is 406 g/mol. The summed E-state index contributed by atoms with van der Waals surface area (Å²) in [4.78, 5) is 15.2. The fourth-order valence-corrected chi connectivity index (χ4v) is 4.74. The summed E-state index contributed by atoms with van der Waals surface area (Å²) in [6.07, 6.45) is 1.17. The van der Waals surface area contributed by atoms with Crippen LogP contribution in [0, 0.1) is 11.6 Å². The van der Waals surface area contributed by atoms with Crippen LogP contribution in [-0.2, 0) is 19.4 Å². The third kappa shape index (κ3) is 3.06. The van der Waals surface area contributed by atoms with Crippen molar-refractivity contribution in [1.82, 2.24) is 4.90 Å². The first-order chi connectivity index (χ1) is 13.4. The van der Waals surface area contributed by atoms with E-state index in [9.17, 15) is 22.0 Å². The van der Waals surface area contributed by atoms with E-state index in [1.54, 1.807) is 18.2 Å². The summed E-state index contributed by atoms with van der Waals surface area (Å²) in [7, 11) is -4.07. The summed E-state index contributed by atoms with van der Waals surface area (Å²) in [5.74, 6) is -2.74. The molecule has 1 saturated heterocycles. The van der Waals surface area contributed by atoms with E-state index in [2.05, 4.69) is 0 Å². The first-order valence-electron chi connectivity index (χ1n) is 8.57. The lowest BCUT2D eigenvalue weighted by atomic mass is 10.2. The SMILES string of the molecule is O=C(C1=CN(c2ccc(F)c(F)c2)c2ccccc2S1(=O)=O)N1CCOCC1. The van der Waals surface area contributed by atoms with Crippen LogP contribution in [0.3, 0.4) is 0 Å². The van der Waals surface area contributed by atoms with Crippen LogP contribution in [0.15, 0.2) is 58.5 Å². The summed E-state index contributed by atoms with van der Waals surface area (Å²) in [6.45, 7) is 1.20. The average molecular weight is 406 g/mol. The normalized spacial score (nSPS) is 18.4. The number of benzene rings is 2. The number of halogens is 2. The van der Waals surface area contributed by atoms with Crippen molar-refractivity contribution < 1.29 is 26.7 Å². The minimum Gasteiger partial charge on any atom is -0.378 e. The number of hydrogen-bond acceptors (Lipinski definition) is 5. The third-order valence-corrected chi connectivity index (χ3v) is 6.42. The van der Waals surface area contributed by atoms with Gasteiger partial charge in [0.2, 0.25) is 9.84 Å². The molecule has 2 heterocycles. The number of hydrogen-bond donors (Lipinski definition) is 0. The largest absolute Gasteiger partial charge is 0.378 e. The molecule has 0 N–H and O–H groups in total. The topological polar surface area (TPSA) is 66.9 Å². The van der Waals surface area contributed by atoms with Crippen LogP contribution in [0.2, 0.25) is 0 Å². The Morgan fingerprint density at radius 2 is 1.71 bits per heavy atom. The van der Waals surface area contributed by atoms with Crippen molar-refractivity contribution in [2.45, 2.75) is 4.90 Å². The molecule has 0 aromatic heterocycles. The summed E-state index contributed by atoms with van der Waals surface area (Å²) in [6, 6.07) is 9.33. The lowest BCUT2D eigenvalue weighted by molar-refractivity contribution is -0.130. The number of nitrogens with zero attached hydrogens (tertiary/aromatic N) is 2. The minimum absolute atomic E-state index is 0.0705. The highest BCUT2D eigenvalue weighted by atomic mass is 32.2. The molecule has 6 nitrogen and oxygen atoms in total. The van der Waals surface area contributed by atoms with Gasteiger partial charge in [-0.25, -0.2) is 17.2 Å². The van der Waals surface area contributed by atoms with Crippen molar-refractivity contribution in [2.24, 2.45) is 0 Å². The quantitative estimate of drug-likeness (QED) is 0.767. The van der Waals surface area contributed by atoms with Gasteiger partial charge in [0.15, 0.2) is 16.5 Å². The number of para-hydroxylation sites is 1. The van der Waals surface area contributed by atoms with Crippen molar-refractivity contribution in [3.63, 3.8) is 0 Å². The number of ether oxygens (including phenoxy) is 1. The molecule has 2 aromatic rings. The van der Waals surface area contributed by atoms with Gasteiger partial charge in [-0.2, -0.15) is 0 Å². The van der Waals surface area contributed by atoms with Gasteiger partial charge in [0.25, 0.3) is 5.91 Å². The lowest BCUT2D eigenvalue weighted by Gasteiger charge is -2.32. The molecule has 2 aliphatic heterocycles. The summed E-state index contributed by atoms with van der Waals surface area (Å²) in [5, 5.41) is 0. The molecule has 1 fully saturated rings. The molecule has 2 aromatic carbocycles. The predicted octanol–water partition coefficient (Wildman–Crippen LogP) is 2.59. The first kappa shape index (κ1) is 18.6. The molecule has 0 aliphatic carbocycles. The molecule has 0 saturated carbocycles. The maximum absolute atomic E-state index is 13.8. The Labute approximate surface area is 160 Å². The van der Waals surface area contributed by atoms with E-state index >= 15 is 0 Å². The van der Waals surface area contributed by atoms with Crippen molar-refractivity contribution in [3.05, 3.63) is 65.2 Å². The molecule has 0 unspecified atom stereocenters. The Bertz CT molecular complexity index is 1080. The van der Waals surface area contributed by atoms with Crippen LogP contribution >= 0.6 is 0 Å². The Morgan fingerprint density at radius 1 is 1.00 bits per heavy atom. The van der Waals surface area contributed by atoms with Crippen molar-refractivity contribution in [1.29, 1.82) is 0 Å². The smallest absolute Gasteiger partial charge is 0.267 e. The van der Waals surface area contributed by atoms with Gasteiger partial charge < -0.3 is 14.5 Å². The Hall–Kier alpha value is -2.78. The number of fused-ring (bicyclic) bond motifs is 1. The highest BCUT2D eigenvalue weighted by Crippen LogP contribution is 2.40.